The smallest absolute Gasteiger partial charge is 0.191 e. The lowest BCUT2D eigenvalue weighted by molar-refractivity contribution is 0.507. The van der Waals surface area contributed by atoms with Crippen LogP contribution < -0.4 is 10.6 Å². The Morgan fingerprint density at radius 3 is 2.78 bits per heavy atom. The summed E-state index contributed by atoms with van der Waals surface area (Å²) in [7, 11) is 0. The van der Waals surface area contributed by atoms with Gasteiger partial charge in [-0.15, -0.1) is 24.0 Å². The summed E-state index contributed by atoms with van der Waals surface area (Å²) in [5.74, 6) is 1.71. The van der Waals surface area contributed by atoms with Crippen molar-refractivity contribution < 1.29 is 4.42 Å². The van der Waals surface area contributed by atoms with Gasteiger partial charge in [0.25, 0.3) is 0 Å². The summed E-state index contributed by atoms with van der Waals surface area (Å²) in [5, 5.41) is 6.54. The molecule has 2 aromatic heterocycles. The van der Waals surface area contributed by atoms with Gasteiger partial charge in [0.1, 0.15) is 5.76 Å². The minimum Gasteiger partial charge on any atom is -0.469 e. The zero-order chi connectivity index (χ0) is 15.6. The van der Waals surface area contributed by atoms with Crippen molar-refractivity contribution in [1.82, 2.24) is 15.6 Å². The SMILES string of the molecule is C=C(C)CNC(=NCc1ccccn1)NCCc1ccco1.I. The van der Waals surface area contributed by atoms with Crippen molar-refractivity contribution in [2.45, 2.75) is 19.9 Å². The molecule has 0 aliphatic rings. The normalized spacial score (nSPS) is 10.7. The first-order chi connectivity index (χ1) is 10.7. The van der Waals surface area contributed by atoms with Crippen molar-refractivity contribution in [2.75, 3.05) is 13.1 Å². The Labute approximate surface area is 154 Å². The summed E-state index contributed by atoms with van der Waals surface area (Å²) < 4.78 is 5.32. The third-order valence-corrected chi connectivity index (χ3v) is 2.93. The molecule has 0 amide bonds. The molecule has 124 valence electrons. The van der Waals surface area contributed by atoms with Crippen molar-refractivity contribution >= 4 is 29.9 Å². The third kappa shape index (κ3) is 7.83. The molecule has 0 aliphatic heterocycles. The summed E-state index contributed by atoms with van der Waals surface area (Å²) in [4.78, 5) is 8.82. The summed E-state index contributed by atoms with van der Waals surface area (Å²) >= 11 is 0. The number of nitrogens with zero attached hydrogens (tertiary/aromatic N) is 2. The summed E-state index contributed by atoms with van der Waals surface area (Å²) in [5.41, 5.74) is 1.99. The molecule has 0 aliphatic carbocycles. The quantitative estimate of drug-likeness (QED) is 0.309. The average molecular weight is 426 g/mol. The van der Waals surface area contributed by atoms with Crippen LogP contribution >= 0.6 is 24.0 Å². The highest BCUT2D eigenvalue weighted by atomic mass is 127. The number of rotatable bonds is 7. The highest BCUT2D eigenvalue weighted by molar-refractivity contribution is 14.0. The number of aromatic nitrogens is 1. The fraction of sp³-hybridized carbons (Fsp3) is 0.294. The number of hydrogen-bond donors (Lipinski definition) is 2. The predicted molar refractivity (Wildman–Crippen MR) is 104 cm³/mol. The molecule has 2 N–H and O–H groups in total. The maximum atomic E-state index is 5.32. The van der Waals surface area contributed by atoms with Crippen LogP contribution in [0.2, 0.25) is 0 Å². The lowest BCUT2D eigenvalue weighted by Crippen LogP contribution is -2.39. The molecule has 0 atom stereocenters. The third-order valence-electron chi connectivity index (χ3n) is 2.93. The maximum Gasteiger partial charge on any atom is 0.191 e. The number of pyridine rings is 1. The Bertz CT molecular complexity index is 596. The molecule has 0 spiro atoms. The molecule has 2 aromatic rings. The van der Waals surface area contributed by atoms with E-state index in [0.717, 1.165) is 36.0 Å². The molecule has 2 heterocycles. The van der Waals surface area contributed by atoms with E-state index in [-0.39, 0.29) is 24.0 Å². The molecular weight excluding hydrogens is 403 g/mol. The van der Waals surface area contributed by atoms with Gasteiger partial charge in [-0.3, -0.25) is 4.98 Å². The second-order valence-corrected chi connectivity index (χ2v) is 5.05. The van der Waals surface area contributed by atoms with E-state index < -0.39 is 0 Å². The van der Waals surface area contributed by atoms with E-state index >= 15 is 0 Å². The Morgan fingerprint density at radius 2 is 2.13 bits per heavy atom. The van der Waals surface area contributed by atoms with Gasteiger partial charge in [-0.25, -0.2) is 4.99 Å². The Balaban J connectivity index is 0.00000264. The second kappa shape index (κ2) is 10.8. The van der Waals surface area contributed by atoms with E-state index in [1.54, 1.807) is 12.5 Å². The predicted octanol–water partition coefficient (Wildman–Crippen LogP) is 3.15. The van der Waals surface area contributed by atoms with Gasteiger partial charge in [0.15, 0.2) is 5.96 Å². The van der Waals surface area contributed by atoms with Crippen LogP contribution in [0.25, 0.3) is 0 Å². The van der Waals surface area contributed by atoms with Gasteiger partial charge in [-0.2, -0.15) is 0 Å². The van der Waals surface area contributed by atoms with Gasteiger partial charge in [-0.1, -0.05) is 18.2 Å². The van der Waals surface area contributed by atoms with Crippen LogP contribution in [-0.2, 0) is 13.0 Å². The molecule has 0 radical (unpaired) electrons. The number of guanidine groups is 1. The number of furan rings is 1. The molecule has 2 rings (SSSR count). The van der Waals surface area contributed by atoms with Crippen molar-refractivity contribution in [3.8, 4) is 0 Å². The fourth-order valence-corrected chi connectivity index (χ4v) is 1.82. The fourth-order valence-electron chi connectivity index (χ4n) is 1.82. The topological polar surface area (TPSA) is 62.5 Å². The molecule has 0 bridgehead atoms. The van der Waals surface area contributed by atoms with Crippen LogP contribution in [0.1, 0.15) is 18.4 Å². The molecule has 23 heavy (non-hydrogen) atoms. The molecule has 0 saturated heterocycles. The first-order valence-corrected chi connectivity index (χ1v) is 7.33. The van der Waals surface area contributed by atoms with E-state index in [0.29, 0.717) is 13.1 Å². The van der Waals surface area contributed by atoms with Crippen LogP contribution in [0.5, 0.6) is 0 Å². The minimum absolute atomic E-state index is 0. The van der Waals surface area contributed by atoms with Gasteiger partial charge < -0.3 is 15.1 Å². The van der Waals surface area contributed by atoms with Crippen molar-refractivity contribution in [3.63, 3.8) is 0 Å². The second-order valence-electron chi connectivity index (χ2n) is 5.05. The molecule has 5 nitrogen and oxygen atoms in total. The molecular formula is C17H23IN4O. The molecule has 6 heteroatoms. The van der Waals surface area contributed by atoms with Crippen molar-refractivity contribution in [2.24, 2.45) is 4.99 Å². The van der Waals surface area contributed by atoms with E-state index in [1.165, 1.54) is 0 Å². The Morgan fingerprint density at radius 1 is 1.26 bits per heavy atom. The highest BCUT2D eigenvalue weighted by Gasteiger charge is 2.01. The highest BCUT2D eigenvalue weighted by Crippen LogP contribution is 2.00. The number of hydrogen-bond acceptors (Lipinski definition) is 3. The van der Waals surface area contributed by atoms with Gasteiger partial charge in [0.2, 0.25) is 0 Å². The largest absolute Gasteiger partial charge is 0.469 e. The number of nitrogens with one attached hydrogen (secondary N) is 2. The van der Waals surface area contributed by atoms with Crippen LogP contribution in [0.4, 0.5) is 0 Å². The minimum atomic E-state index is 0. The molecule has 0 unspecified atom stereocenters. The summed E-state index contributed by atoms with van der Waals surface area (Å²) in [6.45, 7) is 7.84. The standard InChI is InChI=1S/C17H22N4O.HI/c1-14(2)12-20-17(19-10-8-16-7-5-11-22-16)21-13-15-6-3-4-9-18-15;/h3-7,9,11H,1,8,10,12-13H2,2H3,(H2,19,20,21);1H. The van der Waals surface area contributed by atoms with E-state index in [2.05, 4.69) is 27.2 Å². The van der Waals surface area contributed by atoms with E-state index in [1.807, 2.05) is 37.3 Å². The zero-order valence-electron chi connectivity index (χ0n) is 13.3. The molecule has 0 saturated carbocycles. The lowest BCUT2D eigenvalue weighted by atomic mass is 10.3. The van der Waals surface area contributed by atoms with Gasteiger partial charge in [0, 0.05) is 25.7 Å². The van der Waals surface area contributed by atoms with Crippen molar-refractivity contribution in [3.05, 3.63) is 66.4 Å². The maximum absolute atomic E-state index is 5.32. The van der Waals surface area contributed by atoms with Gasteiger partial charge >= 0.3 is 0 Å². The molecule has 0 fully saturated rings. The van der Waals surface area contributed by atoms with Gasteiger partial charge in [0.05, 0.1) is 18.5 Å². The van der Waals surface area contributed by atoms with E-state index in [4.69, 9.17) is 4.42 Å². The number of aliphatic imine (C=N–C) groups is 1. The van der Waals surface area contributed by atoms with Crippen LogP contribution in [-0.4, -0.2) is 24.0 Å². The lowest BCUT2D eigenvalue weighted by Gasteiger charge is -2.12. The summed E-state index contributed by atoms with van der Waals surface area (Å²) in [6, 6.07) is 9.68. The van der Waals surface area contributed by atoms with Crippen LogP contribution in [0.15, 0.2) is 64.4 Å². The van der Waals surface area contributed by atoms with Crippen LogP contribution in [0.3, 0.4) is 0 Å². The average Bonchev–Trinajstić information content (AvgIpc) is 3.03. The van der Waals surface area contributed by atoms with Gasteiger partial charge in [-0.05, 0) is 31.2 Å². The zero-order valence-corrected chi connectivity index (χ0v) is 15.6. The monoisotopic (exact) mass is 426 g/mol. The molecule has 0 aromatic carbocycles. The first kappa shape index (κ1) is 19.2. The van der Waals surface area contributed by atoms with Crippen molar-refractivity contribution in [1.29, 1.82) is 0 Å². The first-order valence-electron chi connectivity index (χ1n) is 7.33. The Kier molecular flexibility index (Phi) is 9.04. The summed E-state index contributed by atoms with van der Waals surface area (Å²) in [6.07, 6.45) is 4.27. The number of halogens is 1. The van der Waals surface area contributed by atoms with E-state index in [9.17, 15) is 0 Å². The Hall–Kier alpha value is -1.83. The van der Waals surface area contributed by atoms with Crippen LogP contribution in [0, 0.1) is 0 Å².